The van der Waals surface area contributed by atoms with Crippen LogP contribution in [0.4, 0.5) is 16.2 Å². The summed E-state index contributed by atoms with van der Waals surface area (Å²) in [6, 6.07) is 12.2. The number of imidazole rings is 1. The zero-order chi connectivity index (χ0) is 26.9. The van der Waals surface area contributed by atoms with Crippen molar-refractivity contribution in [2.45, 2.75) is 24.6 Å². The number of nitrogens with one attached hydrogen (secondary N) is 1. The number of nitriles is 1. The summed E-state index contributed by atoms with van der Waals surface area (Å²) in [5, 5.41) is 13.5. The number of hydrogen-bond acceptors (Lipinski definition) is 9. The summed E-state index contributed by atoms with van der Waals surface area (Å²) < 4.78 is 15.6. The SMILES string of the molecule is CCc1nc2ccc(-c3cnc(N4CCNCC4)nc3)cn2c1N(C)C1=NC(c2ccc(F)cc2)C(C#N)S1. The predicted molar refractivity (Wildman–Crippen MR) is 153 cm³/mol. The van der Waals surface area contributed by atoms with Gasteiger partial charge in [0, 0.05) is 62.9 Å². The number of anilines is 2. The first kappa shape index (κ1) is 25.3. The highest BCUT2D eigenvalue weighted by Crippen LogP contribution is 2.40. The Morgan fingerprint density at radius 1 is 1.10 bits per heavy atom. The molecule has 2 aliphatic heterocycles. The van der Waals surface area contributed by atoms with E-state index in [1.807, 2.05) is 36.5 Å². The average molecular weight is 542 g/mol. The molecule has 1 N–H and O–H groups in total. The molecule has 9 nitrogen and oxygen atoms in total. The highest BCUT2D eigenvalue weighted by molar-refractivity contribution is 8.15. The lowest BCUT2D eigenvalue weighted by molar-refractivity contribution is 0.580. The van der Waals surface area contributed by atoms with Crippen LogP contribution in [-0.2, 0) is 6.42 Å². The monoisotopic (exact) mass is 541 g/mol. The first-order valence-electron chi connectivity index (χ1n) is 13.0. The summed E-state index contributed by atoms with van der Waals surface area (Å²) in [4.78, 5) is 23.2. The van der Waals surface area contributed by atoms with Gasteiger partial charge in [-0.1, -0.05) is 30.8 Å². The Bertz CT molecular complexity index is 1550. The summed E-state index contributed by atoms with van der Waals surface area (Å²) in [6.07, 6.45) is 6.53. The fourth-order valence-corrected chi connectivity index (χ4v) is 6.05. The number of halogens is 1. The Morgan fingerprint density at radius 3 is 2.54 bits per heavy atom. The van der Waals surface area contributed by atoms with E-state index >= 15 is 0 Å². The Kier molecular flexibility index (Phi) is 6.89. The summed E-state index contributed by atoms with van der Waals surface area (Å²) in [5.41, 5.74) is 4.47. The fraction of sp³-hybridized carbons (Fsp3) is 0.321. The van der Waals surface area contributed by atoms with E-state index in [9.17, 15) is 9.65 Å². The molecule has 2 aliphatic rings. The molecule has 0 radical (unpaired) electrons. The number of aromatic nitrogens is 4. The maximum atomic E-state index is 13.5. The van der Waals surface area contributed by atoms with Crippen molar-refractivity contribution in [3.8, 4) is 17.2 Å². The van der Waals surface area contributed by atoms with Crippen LogP contribution in [0.2, 0.25) is 0 Å². The molecule has 198 valence electrons. The summed E-state index contributed by atoms with van der Waals surface area (Å²) in [6.45, 7) is 5.73. The lowest BCUT2D eigenvalue weighted by Crippen LogP contribution is -2.44. The van der Waals surface area contributed by atoms with E-state index in [1.54, 1.807) is 12.1 Å². The van der Waals surface area contributed by atoms with E-state index in [4.69, 9.17) is 9.98 Å². The third-order valence-electron chi connectivity index (χ3n) is 7.08. The first-order valence-corrected chi connectivity index (χ1v) is 13.9. The average Bonchev–Trinajstić information content (AvgIpc) is 3.59. The summed E-state index contributed by atoms with van der Waals surface area (Å²) in [7, 11) is 1.95. The molecule has 0 spiro atoms. The molecular weight excluding hydrogens is 513 g/mol. The van der Waals surface area contributed by atoms with Crippen LogP contribution in [0, 0.1) is 17.1 Å². The third kappa shape index (κ3) is 4.82. The molecule has 0 bridgehead atoms. The molecule has 2 atom stereocenters. The number of piperazine rings is 1. The van der Waals surface area contributed by atoms with Crippen molar-refractivity contribution in [2.75, 3.05) is 43.0 Å². The highest BCUT2D eigenvalue weighted by atomic mass is 32.2. The van der Waals surface area contributed by atoms with E-state index in [2.05, 4.69) is 43.8 Å². The van der Waals surface area contributed by atoms with Crippen LogP contribution in [0.1, 0.15) is 24.2 Å². The van der Waals surface area contributed by atoms with Crippen LogP contribution in [0.25, 0.3) is 16.8 Å². The van der Waals surface area contributed by atoms with E-state index in [0.29, 0.717) is 0 Å². The number of benzene rings is 1. The van der Waals surface area contributed by atoms with Gasteiger partial charge in [0.25, 0.3) is 0 Å². The van der Waals surface area contributed by atoms with Gasteiger partial charge in [0.1, 0.15) is 28.6 Å². The van der Waals surface area contributed by atoms with E-state index in [0.717, 1.165) is 77.6 Å². The lowest BCUT2D eigenvalue weighted by atomic mass is 10.0. The fourth-order valence-electron chi connectivity index (χ4n) is 5.00. The Labute approximate surface area is 230 Å². The van der Waals surface area contributed by atoms with Gasteiger partial charge < -0.3 is 15.1 Å². The molecule has 0 aliphatic carbocycles. The number of aliphatic imine (C=N–C) groups is 1. The molecule has 1 fully saturated rings. The highest BCUT2D eigenvalue weighted by Gasteiger charge is 2.34. The normalized spacial score (nSPS) is 19.2. The smallest absolute Gasteiger partial charge is 0.225 e. The topological polar surface area (TPSA) is 97.7 Å². The number of pyridine rings is 1. The maximum absolute atomic E-state index is 13.5. The van der Waals surface area contributed by atoms with Gasteiger partial charge in [0.05, 0.1) is 11.8 Å². The standard InChI is InChI=1S/C28H28FN9S/c1-3-22-26(36(2)28-35-25(23(14-30)39-28)18-4-7-21(29)8-5-18)38-17-19(6-9-24(38)34-22)20-15-32-27(33-16-20)37-12-10-31-11-13-37/h4-9,15-17,23,25,31H,3,10-13H2,1-2H3. The maximum Gasteiger partial charge on any atom is 0.225 e. The van der Waals surface area contributed by atoms with Crippen molar-refractivity contribution in [1.29, 1.82) is 5.26 Å². The number of nitrogens with zero attached hydrogens (tertiary/aromatic N) is 8. The first-order chi connectivity index (χ1) is 19.1. The second-order valence-corrected chi connectivity index (χ2v) is 10.6. The van der Waals surface area contributed by atoms with Gasteiger partial charge >= 0.3 is 0 Å². The summed E-state index contributed by atoms with van der Waals surface area (Å²) >= 11 is 1.42. The minimum Gasteiger partial charge on any atom is -0.338 e. The van der Waals surface area contributed by atoms with Crippen LogP contribution in [-0.4, -0.2) is 63.0 Å². The number of rotatable bonds is 5. The van der Waals surface area contributed by atoms with Gasteiger partial charge in [-0.05, 0) is 36.2 Å². The minimum absolute atomic E-state index is 0.308. The summed E-state index contributed by atoms with van der Waals surface area (Å²) in [5.74, 6) is 1.34. The van der Waals surface area contributed by atoms with Crippen molar-refractivity contribution >= 4 is 34.3 Å². The number of hydrogen-bond donors (Lipinski definition) is 1. The predicted octanol–water partition coefficient (Wildman–Crippen LogP) is 4.07. The van der Waals surface area contributed by atoms with Gasteiger partial charge in [0.2, 0.25) is 5.95 Å². The van der Waals surface area contributed by atoms with Crippen molar-refractivity contribution in [3.05, 3.63) is 72.1 Å². The molecule has 39 heavy (non-hydrogen) atoms. The Morgan fingerprint density at radius 2 is 1.85 bits per heavy atom. The van der Waals surface area contributed by atoms with E-state index in [-0.39, 0.29) is 11.9 Å². The van der Waals surface area contributed by atoms with Gasteiger partial charge in [0.15, 0.2) is 5.17 Å². The van der Waals surface area contributed by atoms with Gasteiger partial charge in [-0.2, -0.15) is 5.26 Å². The van der Waals surface area contributed by atoms with E-state index < -0.39 is 5.25 Å². The zero-order valence-corrected chi connectivity index (χ0v) is 22.6. The molecule has 0 amide bonds. The molecule has 11 heteroatoms. The third-order valence-corrected chi connectivity index (χ3v) is 8.29. The molecule has 1 aromatic carbocycles. The number of amidine groups is 1. The molecule has 6 rings (SSSR count). The van der Waals surface area contributed by atoms with Crippen LogP contribution in [0.5, 0.6) is 0 Å². The van der Waals surface area contributed by atoms with Gasteiger partial charge in [-0.15, -0.1) is 0 Å². The second kappa shape index (κ2) is 10.6. The van der Waals surface area contributed by atoms with Crippen LogP contribution in [0.3, 0.4) is 0 Å². The van der Waals surface area contributed by atoms with Crippen molar-refractivity contribution in [2.24, 2.45) is 4.99 Å². The molecule has 5 heterocycles. The van der Waals surface area contributed by atoms with Crippen molar-refractivity contribution < 1.29 is 4.39 Å². The number of aryl methyl sites for hydroxylation is 1. The molecule has 1 saturated heterocycles. The van der Waals surface area contributed by atoms with Crippen molar-refractivity contribution in [3.63, 3.8) is 0 Å². The second-order valence-electron chi connectivity index (χ2n) is 9.53. The Hall–Kier alpha value is -4.01. The Balaban J connectivity index is 1.34. The molecule has 0 saturated carbocycles. The lowest BCUT2D eigenvalue weighted by Gasteiger charge is -2.27. The molecule has 3 aromatic heterocycles. The van der Waals surface area contributed by atoms with Crippen LogP contribution >= 0.6 is 11.8 Å². The van der Waals surface area contributed by atoms with Crippen molar-refractivity contribution in [1.82, 2.24) is 24.7 Å². The largest absolute Gasteiger partial charge is 0.338 e. The zero-order valence-electron chi connectivity index (χ0n) is 21.8. The van der Waals surface area contributed by atoms with Crippen LogP contribution in [0.15, 0.2) is 60.0 Å². The number of fused-ring (bicyclic) bond motifs is 1. The van der Waals surface area contributed by atoms with E-state index in [1.165, 1.54) is 23.9 Å². The minimum atomic E-state index is -0.404. The van der Waals surface area contributed by atoms with Gasteiger partial charge in [-0.25, -0.2) is 19.3 Å². The number of thioether (sulfide) groups is 1. The quantitative estimate of drug-likeness (QED) is 0.404. The molecule has 4 aromatic rings. The van der Waals surface area contributed by atoms with Gasteiger partial charge in [-0.3, -0.25) is 9.39 Å². The van der Waals surface area contributed by atoms with Crippen LogP contribution < -0.4 is 15.1 Å². The molecular formula is C28H28FN9S. The molecule has 2 unspecified atom stereocenters.